The molecular formula is C26H37NO2. The average molecular weight is 396 g/mol. The maximum atomic E-state index is 12.8. The smallest absolute Gasteiger partial charge is 0.261 e. The molecule has 0 aliphatic carbocycles. The van der Waals surface area contributed by atoms with Gasteiger partial charge in [0.25, 0.3) is 5.91 Å². The zero-order valence-electron chi connectivity index (χ0n) is 19.3. The summed E-state index contributed by atoms with van der Waals surface area (Å²) in [4.78, 5) is 12.8. The Kier molecular flexibility index (Phi) is 7.15. The molecule has 2 aromatic carbocycles. The van der Waals surface area contributed by atoms with Crippen LogP contribution >= 0.6 is 0 Å². The normalized spacial score (nSPS) is 14.2. The third kappa shape index (κ3) is 6.35. The molecule has 2 rings (SSSR count). The van der Waals surface area contributed by atoms with Crippen molar-refractivity contribution in [3.63, 3.8) is 0 Å². The maximum Gasteiger partial charge on any atom is 0.261 e. The van der Waals surface area contributed by atoms with Gasteiger partial charge in [-0.3, -0.25) is 4.79 Å². The molecule has 3 heteroatoms. The van der Waals surface area contributed by atoms with Gasteiger partial charge in [-0.05, 0) is 53.0 Å². The third-order valence-corrected chi connectivity index (χ3v) is 5.30. The summed E-state index contributed by atoms with van der Waals surface area (Å²) >= 11 is 0. The van der Waals surface area contributed by atoms with Crippen LogP contribution in [0, 0.1) is 0 Å². The molecule has 0 bridgehead atoms. The molecule has 1 amide bonds. The standard InChI is InChI=1S/C26H37NO2/c1-9-23(29-22-16-14-21(15-17-22)26(6,7)8)24(28)27-18(2)19-10-12-20(13-11-19)25(3,4)5/h10-18,23H,9H2,1-8H3,(H,27,28)/t18-,23-/m0/s1. The van der Waals surface area contributed by atoms with Crippen LogP contribution in [0.5, 0.6) is 5.75 Å². The van der Waals surface area contributed by atoms with Crippen LogP contribution in [0.15, 0.2) is 48.5 Å². The molecule has 0 spiro atoms. The van der Waals surface area contributed by atoms with Gasteiger partial charge in [0, 0.05) is 0 Å². The minimum atomic E-state index is -0.508. The van der Waals surface area contributed by atoms with Crippen LogP contribution in [0.4, 0.5) is 0 Å². The van der Waals surface area contributed by atoms with Crippen LogP contribution in [0.3, 0.4) is 0 Å². The summed E-state index contributed by atoms with van der Waals surface area (Å²) in [6.07, 6.45) is 0.106. The summed E-state index contributed by atoms with van der Waals surface area (Å²) in [7, 11) is 0. The van der Waals surface area contributed by atoms with E-state index >= 15 is 0 Å². The highest BCUT2D eigenvalue weighted by Gasteiger charge is 2.22. The number of hydrogen-bond acceptors (Lipinski definition) is 2. The Hall–Kier alpha value is -2.29. The lowest BCUT2D eigenvalue weighted by atomic mass is 9.86. The van der Waals surface area contributed by atoms with Gasteiger partial charge in [-0.2, -0.15) is 0 Å². The first-order valence-electron chi connectivity index (χ1n) is 10.6. The molecule has 0 unspecified atom stereocenters. The summed E-state index contributed by atoms with van der Waals surface area (Å²) in [6.45, 7) is 17.1. The topological polar surface area (TPSA) is 38.3 Å². The van der Waals surface area contributed by atoms with E-state index < -0.39 is 6.10 Å². The van der Waals surface area contributed by atoms with E-state index in [4.69, 9.17) is 4.74 Å². The first-order chi connectivity index (χ1) is 13.4. The Morgan fingerprint density at radius 3 is 1.72 bits per heavy atom. The lowest BCUT2D eigenvalue weighted by Crippen LogP contribution is -2.39. The van der Waals surface area contributed by atoms with Gasteiger partial charge in [0.15, 0.2) is 6.10 Å². The molecule has 3 nitrogen and oxygen atoms in total. The fourth-order valence-electron chi connectivity index (χ4n) is 3.18. The van der Waals surface area contributed by atoms with Gasteiger partial charge in [0.05, 0.1) is 6.04 Å². The fraction of sp³-hybridized carbons (Fsp3) is 0.500. The van der Waals surface area contributed by atoms with Crippen molar-refractivity contribution >= 4 is 5.91 Å². The van der Waals surface area contributed by atoms with Crippen molar-refractivity contribution in [1.29, 1.82) is 0 Å². The van der Waals surface area contributed by atoms with Gasteiger partial charge in [0.1, 0.15) is 5.75 Å². The summed E-state index contributed by atoms with van der Waals surface area (Å²) < 4.78 is 5.98. The Labute approximate surface area is 176 Å². The number of nitrogens with one attached hydrogen (secondary N) is 1. The number of ether oxygens (including phenoxy) is 1. The predicted molar refractivity (Wildman–Crippen MR) is 122 cm³/mol. The Bertz CT molecular complexity index is 793. The van der Waals surface area contributed by atoms with Crippen molar-refractivity contribution in [2.45, 2.75) is 84.8 Å². The first-order valence-corrected chi connectivity index (χ1v) is 10.6. The second-order valence-corrected chi connectivity index (χ2v) is 9.89. The second kappa shape index (κ2) is 9.02. The highest BCUT2D eigenvalue weighted by molar-refractivity contribution is 5.81. The molecule has 1 N–H and O–H groups in total. The molecule has 0 saturated carbocycles. The van der Waals surface area contributed by atoms with E-state index in [0.29, 0.717) is 6.42 Å². The summed E-state index contributed by atoms with van der Waals surface area (Å²) in [5.74, 6) is 0.641. The monoisotopic (exact) mass is 395 g/mol. The van der Waals surface area contributed by atoms with Gasteiger partial charge >= 0.3 is 0 Å². The van der Waals surface area contributed by atoms with Crippen LogP contribution in [0.25, 0.3) is 0 Å². The SMILES string of the molecule is CC[C@H](Oc1ccc(C(C)(C)C)cc1)C(=O)N[C@@H](C)c1ccc(C(C)(C)C)cc1. The lowest BCUT2D eigenvalue weighted by molar-refractivity contribution is -0.128. The van der Waals surface area contributed by atoms with Gasteiger partial charge in [-0.15, -0.1) is 0 Å². The summed E-state index contributed by atoms with van der Waals surface area (Å²) in [5, 5.41) is 3.10. The Morgan fingerprint density at radius 2 is 1.31 bits per heavy atom. The van der Waals surface area contributed by atoms with E-state index in [2.05, 4.69) is 83.3 Å². The molecule has 0 saturated heterocycles. The maximum absolute atomic E-state index is 12.8. The number of carbonyl (C=O) groups is 1. The Morgan fingerprint density at radius 1 is 0.862 bits per heavy atom. The molecule has 29 heavy (non-hydrogen) atoms. The second-order valence-electron chi connectivity index (χ2n) is 9.89. The number of amides is 1. The molecule has 0 fully saturated rings. The number of hydrogen-bond donors (Lipinski definition) is 1. The minimum absolute atomic E-state index is 0.0718. The third-order valence-electron chi connectivity index (χ3n) is 5.30. The molecule has 2 atom stereocenters. The van der Waals surface area contributed by atoms with Crippen molar-refractivity contribution < 1.29 is 9.53 Å². The average Bonchev–Trinajstić information content (AvgIpc) is 2.65. The van der Waals surface area contributed by atoms with Crippen LogP contribution < -0.4 is 10.1 Å². The van der Waals surface area contributed by atoms with Crippen LogP contribution in [-0.4, -0.2) is 12.0 Å². The number of rotatable bonds is 6. The highest BCUT2D eigenvalue weighted by atomic mass is 16.5. The lowest BCUT2D eigenvalue weighted by Gasteiger charge is -2.23. The molecule has 2 aromatic rings. The van der Waals surface area contributed by atoms with Crippen LogP contribution in [0.2, 0.25) is 0 Å². The van der Waals surface area contributed by atoms with E-state index in [-0.39, 0.29) is 22.8 Å². The van der Waals surface area contributed by atoms with E-state index in [0.717, 1.165) is 11.3 Å². The van der Waals surface area contributed by atoms with Crippen molar-refractivity contribution in [3.05, 3.63) is 65.2 Å². The van der Waals surface area contributed by atoms with E-state index in [9.17, 15) is 4.79 Å². The summed E-state index contributed by atoms with van der Waals surface area (Å²) in [6, 6.07) is 16.4. The minimum Gasteiger partial charge on any atom is -0.481 e. The van der Waals surface area contributed by atoms with E-state index in [1.54, 1.807) is 0 Å². The number of carbonyl (C=O) groups excluding carboxylic acids is 1. The highest BCUT2D eigenvalue weighted by Crippen LogP contribution is 2.26. The molecule has 0 radical (unpaired) electrons. The molecule has 0 aromatic heterocycles. The van der Waals surface area contributed by atoms with Gasteiger partial charge in [-0.1, -0.05) is 84.9 Å². The van der Waals surface area contributed by atoms with Gasteiger partial charge in [-0.25, -0.2) is 0 Å². The quantitative estimate of drug-likeness (QED) is 0.622. The molecule has 0 heterocycles. The Balaban J connectivity index is 2.02. The molecule has 0 aliphatic rings. The largest absolute Gasteiger partial charge is 0.481 e. The van der Waals surface area contributed by atoms with Gasteiger partial charge < -0.3 is 10.1 Å². The van der Waals surface area contributed by atoms with Crippen LogP contribution in [0.1, 0.15) is 84.5 Å². The predicted octanol–water partition coefficient (Wildman–Crippen LogP) is 6.32. The van der Waals surface area contributed by atoms with Gasteiger partial charge in [0.2, 0.25) is 0 Å². The van der Waals surface area contributed by atoms with Crippen molar-refractivity contribution in [1.82, 2.24) is 5.32 Å². The molecule has 158 valence electrons. The van der Waals surface area contributed by atoms with Crippen molar-refractivity contribution in [2.75, 3.05) is 0 Å². The summed E-state index contributed by atoms with van der Waals surface area (Å²) in [5.41, 5.74) is 3.84. The zero-order chi connectivity index (χ0) is 21.8. The molecule has 0 aliphatic heterocycles. The molecular weight excluding hydrogens is 358 g/mol. The fourth-order valence-corrected chi connectivity index (χ4v) is 3.18. The van der Waals surface area contributed by atoms with Crippen molar-refractivity contribution in [2.24, 2.45) is 0 Å². The van der Waals surface area contributed by atoms with Crippen molar-refractivity contribution in [3.8, 4) is 5.75 Å². The van der Waals surface area contributed by atoms with E-state index in [1.807, 2.05) is 26.0 Å². The zero-order valence-corrected chi connectivity index (χ0v) is 19.3. The first kappa shape index (κ1) is 23.0. The number of benzene rings is 2. The van der Waals surface area contributed by atoms with Crippen LogP contribution in [-0.2, 0) is 15.6 Å². The van der Waals surface area contributed by atoms with E-state index in [1.165, 1.54) is 11.1 Å².